The Hall–Kier alpha value is -1.01. The van der Waals surface area contributed by atoms with Crippen molar-refractivity contribution in [1.82, 2.24) is 9.97 Å². The molecule has 0 saturated carbocycles. The summed E-state index contributed by atoms with van der Waals surface area (Å²) in [5, 5.41) is 12.8. The second kappa shape index (κ2) is 6.07. The fourth-order valence-corrected chi connectivity index (χ4v) is 1.73. The van der Waals surface area contributed by atoms with E-state index in [4.69, 9.17) is 10.8 Å². The number of hydrogen-bond acceptors (Lipinski definition) is 6. The third-order valence-electron chi connectivity index (χ3n) is 2.44. The van der Waals surface area contributed by atoms with E-state index >= 15 is 0 Å². The number of nitrogens with two attached hydrogens (primary N) is 1. The molecule has 96 valence electrons. The van der Waals surface area contributed by atoms with Gasteiger partial charge in [0.15, 0.2) is 5.16 Å². The van der Waals surface area contributed by atoms with Gasteiger partial charge < -0.3 is 16.2 Å². The molecule has 4 N–H and O–H groups in total. The average molecular weight is 256 g/mol. The summed E-state index contributed by atoms with van der Waals surface area (Å²) in [5.41, 5.74) is 5.71. The standard InChI is InChI=1S/C11H20N4OS/c1-11(2,4-5-16)7-13-9-6-8(12)14-10(15-9)17-3/h6,16H,4-5,7H2,1-3H3,(H3,12,13,14,15). The third-order valence-corrected chi connectivity index (χ3v) is 2.99. The molecule has 1 heterocycles. The largest absolute Gasteiger partial charge is 0.396 e. The fourth-order valence-electron chi connectivity index (χ4n) is 1.35. The summed E-state index contributed by atoms with van der Waals surface area (Å²) in [6.45, 7) is 5.11. The van der Waals surface area contributed by atoms with Gasteiger partial charge in [-0.1, -0.05) is 25.6 Å². The lowest BCUT2D eigenvalue weighted by atomic mass is 9.90. The van der Waals surface area contributed by atoms with E-state index in [0.29, 0.717) is 11.0 Å². The van der Waals surface area contributed by atoms with Crippen LogP contribution in [0.15, 0.2) is 11.2 Å². The van der Waals surface area contributed by atoms with Crippen LogP contribution in [0.5, 0.6) is 0 Å². The molecule has 5 nitrogen and oxygen atoms in total. The van der Waals surface area contributed by atoms with E-state index in [1.165, 1.54) is 11.8 Å². The highest BCUT2D eigenvalue weighted by Crippen LogP contribution is 2.21. The molecule has 1 aromatic rings. The van der Waals surface area contributed by atoms with Crippen LogP contribution in [0, 0.1) is 5.41 Å². The van der Waals surface area contributed by atoms with Crippen molar-refractivity contribution in [2.24, 2.45) is 5.41 Å². The quantitative estimate of drug-likeness (QED) is 0.529. The lowest BCUT2D eigenvalue weighted by Crippen LogP contribution is -2.24. The Morgan fingerprint density at radius 2 is 2.18 bits per heavy atom. The first-order chi connectivity index (χ1) is 7.96. The van der Waals surface area contributed by atoms with Crippen LogP contribution in [0.4, 0.5) is 11.6 Å². The summed E-state index contributed by atoms with van der Waals surface area (Å²) in [5.74, 6) is 1.19. The van der Waals surface area contributed by atoms with E-state index in [0.717, 1.165) is 18.8 Å². The Morgan fingerprint density at radius 3 is 2.76 bits per heavy atom. The molecular weight excluding hydrogens is 236 g/mol. The Morgan fingerprint density at radius 1 is 1.47 bits per heavy atom. The van der Waals surface area contributed by atoms with Gasteiger partial charge in [0, 0.05) is 19.2 Å². The molecule has 17 heavy (non-hydrogen) atoms. The molecular formula is C11H20N4OS. The maximum absolute atomic E-state index is 8.95. The van der Waals surface area contributed by atoms with E-state index in [-0.39, 0.29) is 12.0 Å². The lowest BCUT2D eigenvalue weighted by Gasteiger charge is -2.24. The van der Waals surface area contributed by atoms with E-state index in [1.807, 2.05) is 6.26 Å². The zero-order valence-electron chi connectivity index (χ0n) is 10.5. The average Bonchev–Trinajstić information content (AvgIpc) is 2.26. The molecule has 1 aromatic heterocycles. The smallest absolute Gasteiger partial charge is 0.191 e. The number of aliphatic hydroxyl groups excluding tert-OH is 1. The van der Waals surface area contributed by atoms with Crippen LogP contribution in [0.3, 0.4) is 0 Å². The Kier molecular flexibility index (Phi) is 5.02. The maximum Gasteiger partial charge on any atom is 0.191 e. The number of nitrogens with one attached hydrogen (secondary N) is 1. The van der Waals surface area contributed by atoms with Crippen LogP contribution >= 0.6 is 11.8 Å². The molecule has 0 bridgehead atoms. The highest BCUT2D eigenvalue weighted by atomic mass is 32.2. The number of hydrogen-bond donors (Lipinski definition) is 3. The number of rotatable bonds is 6. The summed E-state index contributed by atoms with van der Waals surface area (Å²) >= 11 is 1.46. The van der Waals surface area contributed by atoms with Crippen molar-refractivity contribution in [3.8, 4) is 0 Å². The summed E-state index contributed by atoms with van der Waals surface area (Å²) in [6, 6.07) is 1.72. The van der Waals surface area contributed by atoms with Crippen LogP contribution in [0.25, 0.3) is 0 Å². The molecule has 0 aliphatic heterocycles. The summed E-state index contributed by atoms with van der Waals surface area (Å²) in [7, 11) is 0. The molecule has 6 heteroatoms. The van der Waals surface area contributed by atoms with Gasteiger partial charge in [-0.15, -0.1) is 0 Å². The first kappa shape index (κ1) is 14.1. The third kappa shape index (κ3) is 4.79. The van der Waals surface area contributed by atoms with Gasteiger partial charge >= 0.3 is 0 Å². The van der Waals surface area contributed by atoms with E-state index in [2.05, 4.69) is 29.1 Å². The van der Waals surface area contributed by atoms with E-state index < -0.39 is 0 Å². The molecule has 0 spiro atoms. The van der Waals surface area contributed by atoms with Gasteiger partial charge in [-0.05, 0) is 18.1 Å². The topological polar surface area (TPSA) is 84.1 Å². The van der Waals surface area contributed by atoms with E-state index in [1.54, 1.807) is 6.07 Å². The number of nitrogen functional groups attached to an aromatic ring is 1. The van der Waals surface area contributed by atoms with Gasteiger partial charge in [0.25, 0.3) is 0 Å². The predicted octanol–water partition coefficient (Wildman–Crippen LogP) is 1.60. The zero-order chi connectivity index (χ0) is 12.9. The molecule has 0 unspecified atom stereocenters. The first-order valence-electron chi connectivity index (χ1n) is 5.50. The summed E-state index contributed by atoms with van der Waals surface area (Å²) in [6.07, 6.45) is 2.66. The van der Waals surface area contributed by atoms with E-state index in [9.17, 15) is 0 Å². The van der Waals surface area contributed by atoms with Gasteiger partial charge in [-0.25, -0.2) is 9.97 Å². The van der Waals surface area contributed by atoms with Crippen molar-refractivity contribution in [2.75, 3.05) is 30.5 Å². The monoisotopic (exact) mass is 256 g/mol. The number of anilines is 2. The second-order valence-electron chi connectivity index (χ2n) is 4.66. The van der Waals surface area contributed by atoms with Gasteiger partial charge in [0.05, 0.1) is 0 Å². The number of nitrogens with zero attached hydrogens (tertiary/aromatic N) is 2. The molecule has 0 saturated heterocycles. The minimum Gasteiger partial charge on any atom is -0.396 e. The highest BCUT2D eigenvalue weighted by molar-refractivity contribution is 7.98. The molecule has 0 aliphatic carbocycles. The van der Waals surface area contributed by atoms with Gasteiger partial charge in [-0.3, -0.25) is 0 Å². The van der Waals surface area contributed by atoms with Crippen molar-refractivity contribution in [3.63, 3.8) is 0 Å². The van der Waals surface area contributed by atoms with Crippen LogP contribution in [-0.2, 0) is 0 Å². The Labute approximate surface area is 106 Å². The normalized spacial score (nSPS) is 11.5. The Balaban J connectivity index is 2.65. The van der Waals surface area contributed by atoms with Crippen LogP contribution in [0.1, 0.15) is 20.3 Å². The minimum atomic E-state index is 0.0218. The van der Waals surface area contributed by atoms with Crippen molar-refractivity contribution in [2.45, 2.75) is 25.4 Å². The van der Waals surface area contributed by atoms with Crippen molar-refractivity contribution in [1.29, 1.82) is 0 Å². The van der Waals surface area contributed by atoms with Gasteiger partial charge in [0.1, 0.15) is 11.6 Å². The molecule has 0 radical (unpaired) electrons. The fraction of sp³-hybridized carbons (Fsp3) is 0.636. The van der Waals surface area contributed by atoms with Crippen molar-refractivity contribution < 1.29 is 5.11 Å². The predicted molar refractivity (Wildman–Crippen MR) is 72.2 cm³/mol. The highest BCUT2D eigenvalue weighted by Gasteiger charge is 2.17. The number of aromatic nitrogens is 2. The van der Waals surface area contributed by atoms with Crippen LogP contribution in [-0.4, -0.2) is 34.5 Å². The molecule has 1 rings (SSSR count). The summed E-state index contributed by atoms with van der Waals surface area (Å²) < 4.78 is 0. The van der Waals surface area contributed by atoms with Crippen LogP contribution in [0.2, 0.25) is 0 Å². The maximum atomic E-state index is 8.95. The number of thioether (sulfide) groups is 1. The molecule has 0 aliphatic rings. The SMILES string of the molecule is CSc1nc(N)cc(NCC(C)(C)CCO)n1. The van der Waals surface area contributed by atoms with Crippen molar-refractivity contribution >= 4 is 23.4 Å². The molecule has 0 fully saturated rings. The minimum absolute atomic E-state index is 0.0218. The lowest BCUT2D eigenvalue weighted by molar-refractivity contribution is 0.220. The van der Waals surface area contributed by atoms with Crippen molar-refractivity contribution in [3.05, 3.63) is 6.07 Å². The van der Waals surface area contributed by atoms with Crippen LogP contribution < -0.4 is 11.1 Å². The second-order valence-corrected chi connectivity index (χ2v) is 5.43. The number of aliphatic hydroxyl groups is 1. The summed E-state index contributed by atoms with van der Waals surface area (Å²) in [4.78, 5) is 8.40. The van der Waals surface area contributed by atoms with Gasteiger partial charge in [-0.2, -0.15) is 0 Å². The molecule has 0 aromatic carbocycles. The Bertz CT molecular complexity index is 370. The molecule has 0 amide bonds. The first-order valence-corrected chi connectivity index (χ1v) is 6.72. The van der Waals surface area contributed by atoms with Gasteiger partial charge in [0.2, 0.25) is 0 Å². The molecule has 0 atom stereocenters. The zero-order valence-corrected chi connectivity index (χ0v) is 11.3.